The first-order chi connectivity index (χ1) is 16.0. The number of ether oxygens (including phenoxy) is 1. The number of hydrogen-bond acceptors (Lipinski definition) is 5. The van der Waals surface area contributed by atoms with Crippen LogP contribution in [0, 0.1) is 5.92 Å². The number of aromatic nitrogens is 2. The van der Waals surface area contributed by atoms with E-state index >= 15 is 0 Å². The van der Waals surface area contributed by atoms with Gasteiger partial charge in [0.15, 0.2) is 0 Å². The maximum Gasteiger partial charge on any atom is 0.243 e. The number of imidazole rings is 1. The highest BCUT2D eigenvalue weighted by atomic mass is 32.2. The number of amides is 1. The SMILES string of the molecule is CCCn1c(CCC(=O)NCCCOCC2CC2)nc2cc(S(=O)(=O)N3CCCC3)ccc21. The number of sulfonamides is 1. The molecular weight excluding hydrogens is 440 g/mol. The third-order valence-electron chi connectivity index (χ3n) is 6.36. The largest absolute Gasteiger partial charge is 0.381 e. The zero-order valence-corrected chi connectivity index (χ0v) is 20.4. The lowest BCUT2D eigenvalue weighted by molar-refractivity contribution is -0.121. The molecule has 1 aliphatic heterocycles. The van der Waals surface area contributed by atoms with E-state index in [0.29, 0.717) is 49.5 Å². The second-order valence-corrected chi connectivity index (χ2v) is 11.1. The van der Waals surface area contributed by atoms with Crippen molar-refractivity contribution in [2.75, 3.05) is 32.8 Å². The van der Waals surface area contributed by atoms with Crippen molar-refractivity contribution in [3.05, 3.63) is 24.0 Å². The fraction of sp³-hybridized carbons (Fsp3) is 0.667. The Kier molecular flexibility index (Phi) is 8.03. The van der Waals surface area contributed by atoms with E-state index in [9.17, 15) is 13.2 Å². The number of carbonyl (C=O) groups is 1. The standard InChI is InChI=1S/C24H36N4O4S/c1-2-13-28-22-9-8-20(33(30,31)27-14-3-4-15-27)17-21(22)26-23(28)10-11-24(29)25-12-5-16-32-18-19-6-7-19/h8-9,17,19H,2-7,10-16,18H2,1H3,(H,25,29). The molecule has 1 aliphatic carbocycles. The predicted octanol–water partition coefficient (Wildman–Crippen LogP) is 3.10. The van der Waals surface area contributed by atoms with E-state index < -0.39 is 10.0 Å². The van der Waals surface area contributed by atoms with Gasteiger partial charge in [0.1, 0.15) is 5.82 Å². The predicted molar refractivity (Wildman–Crippen MR) is 128 cm³/mol. The first-order valence-electron chi connectivity index (χ1n) is 12.3. The summed E-state index contributed by atoms with van der Waals surface area (Å²) in [4.78, 5) is 17.3. The Morgan fingerprint density at radius 3 is 2.76 bits per heavy atom. The highest BCUT2D eigenvalue weighted by molar-refractivity contribution is 7.89. The number of benzene rings is 1. The Balaban J connectivity index is 1.36. The smallest absolute Gasteiger partial charge is 0.243 e. The van der Waals surface area contributed by atoms with Crippen molar-refractivity contribution in [2.24, 2.45) is 5.92 Å². The monoisotopic (exact) mass is 476 g/mol. The Morgan fingerprint density at radius 2 is 2.03 bits per heavy atom. The minimum absolute atomic E-state index is 0.00426. The summed E-state index contributed by atoms with van der Waals surface area (Å²) in [6.45, 7) is 6.19. The summed E-state index contributed by atoms with van der Waals surface area (Å²) in [5.74, 6) is 1.59. The molecule has 8 nitrogen and oxygen atoms in total. The van der Waals surface area contributed by atoms with E-state index in [0.717, 1.165) is 56.1 Å². The Morgan fingerprint density at radius 1 is 1.24 bits per heavy atom. The molecule has 4 rings (SSSR count). The zero-order valence-electron chi connectivity index (χ0n) is 19.6. The van der Waals surface area contributed by atoms with Crippen LogP contribution >= 0.6 is 0 Å². The number of aryl methyl sites for hydroxylation is 2. The van der Waals surface area contributed by atoms with Crippen molar-refractivity contribution in [3.63, 3.8) is 0 Å². The van der Waals surface area contributed by atoms with Crippen LogP contribution in [0.15, 0.2) is 23.1 Å². The summed E-state index contributed by atoms with van der Waals surface area (Å²) in [6, 6.07) is 5.22. The maximum absolute atomic E-state index is 12.9. The van der Waals surface area contributed by atoms with Crippen molar-refractivity contribution >= 4 is 27.0 Å². The van der Waals surface area contributed by atoms with Gasteiger partial charge in [0, 0.05) is 52.2 Å². The van der Waals surface area contributed by atoms with Crippen LogP contribution in [0.3, 0.4) is 0 Å². The van der Waals surface area contributed by atoms with E-state index in [4.69, 9.17) is 9.72 Å². The number of nitrogens with one attached hydrogen (secondary N) is 1. The van der Waals surface area contributed by atoms with Crippen LogP contribution in [0.25, 0.3) is 11.0 Å². The molecule has 0 atom stereocenters. The van der Waals surface area contributed by atoms with E-state index in [1.807, 2.05) is 6.07 Å². The van der Waals surface area contributed by atoms with Gasteiger partial charge in [-0.3, -0.25) is 4.79 Å². The second-order valence-electron chi connectivity index (χ2n) is 9.16. The maximum atomic E-state index is 12.9. The lowest BCUT2D eigenvalue weighted by Gasteiger charge is -2.15. The van der Waals surface area contributed by atoms with Gasteiger partial charge in [-0.25, -0.2) is 13.4 Å². The molecule has 2 fully saturated rings. The summed E-state index contributed by atoms with van der Waals surface area (Å²) in [6.07, 6.45) is 7.02. The molecule has 0 spiro atoms. The average molecular weight is 477 g/mol. The Bertz CT molecular complexity index is 1060. The van der Waals surface area contributed by atoms with E-state index in [2.05, 4.69) is 16.8 Å². The highest BCUT2D eigenvalue weighted by Gasteiger charge is 2.28. The molecule has 1 aromatic carbocycles. The lowest BCUT2D eigenvalue weighted by atomic mass is 10.2. The fourth-order valence-electron chi connectivity index (χ4n) is 4.31. The first-order valence-corrected chi connectivity index (χ1v) is 13.8. The summed E-state index contributed by atoms with van der Waals surface area (Å²) in [5.41, 5.74) is 1.59. The van der Waals surface area contributed by atoms with Gasteiger partial charge in [0.2, 0.25) is 15.9 Å². The van der Waals surface area contributed by atoms with Crippen molar-refractivity contribution in [3.8, 4) is 0 Å². The zero-order chi connectivity index (χ0) is 23.3. The fourth-order valence-corrected chi connectivity index (χ4v) is 5.85. The average Bonchev–Trinajstić information content (AvgIpc) is 3.32. The third-order valence-corrected chi connectivity index (χ3v) is 8.26. The third kappa shape index (κ3) is 6.13. The summed E-state index contributed by atoms with van der Waals surface area (Å²) in [7, 11) is -3.48. The number of rotatable bonds is 13. The number of carbonyl (C=O) groups excluding carboxylic acids is 1. The molecule has 0 radical (unpaired) electrons. The molecule has 33 heavy (non-hydrogen) atoms. The number of hydrogen-bond donors (Lipinski definition) is 1. The van der Waals surface area contributed by atoms with Crippen LogP contribution in [0.4, 0.5) is 0 Å². The first kappa shape index (κ1) is 24.2. The van der Waals surface area contributed by atoms with Crippen molar-refractivity contribution in [1.29, 1.82) is 0 Å². The molecule has 2 aromatic rings. The molecular formula is C24H36N4O4S. The normalized spacial score (nSPS) is 17.1. The van der Waals surface area contributed by atoms with Crippen LogP contribution in [0.2, 0.25) is 0 Å². The van der Waals surface area contributed by atoms with Gasteiger partial charge < -0.3 is 14.6 Å². The van der Waals surface area contributed by atoms with Gasteiger partial charge in [-0.1, -0.05) is 6.92 Å². The second kappa shape index (κ2) is 11.0. The van der Waals surface area contributed by atoms with Crippen molar-refractivity contribution in [2.45, 2.75) is 69.7 Å². The van der Waals surface area contributed by atoms with E-state index in [-0.39, 0.29) is 5.91 Å². The van der Waals surface area contributed by atoms with Gasteiger partial charge in [0.25, 0.3) is 0 Å². The van der Waals surface area contributed by atoms with Gasteiger partial charge in [-0.15, -0.1) is 0 Å². The quantitative estimate of drug-likeness (QED) is 0.449. The van der Waals surface area contributed by atoms with E-state index in [1.54, 1.807) is 16.4 Å². The molecule has 0 unspecified atom stereocenters. The van der Waals surface area contributed by atoms with Gasteiger partial charge in [0.05, 0.1) is 15.9 Å². The molecule has 0 bridgehead atoms. The topological polar surface area (TPSA) is 93.5 Å². The minimum Gasteiger partial charge on any atom is -0.381 e. The summed E-state index contributed by atoms with van der Waals surface area (Å²) >= 11 is 0. The van der Waals surface area contributed by atoms with E-state index in [1.165, 1.54) is 12.8 Å². The lowest BCUT2D eigenvalue weighted by Crippen LogP contribution is -2.27. The molecule has 1 aromatic heterocycles. The molecule has 1 saturated heterocycles. The Hall–Kier alpha value is -1.97. The van der Waals surface area contributed by atoms with Crippen molar-refractivity contribution < 1.29 is 17.9 Å². The Labute approximate surface area is 196 Å². The number of fused-ring (bicyclic) bond motifs is 1. The van der Waals surface area contributed by atoms with Crippen LogP contribution in [-0.2, 0) is 32.5 Å². The van der Waals surface area contributed by atoms with Crippen LogP contribution in [0.1, 0.15) is 57.7 Å². The molecule has 1 saturated carbocycles. The number of nitrogens with zero attached hydrogens (tertiary/aromatic N) is 3. The summed E-state index contributed by atoms with van der Waals surface area (Å²) in [5, 5.41) is 2.96. The van der Waals surface area contributed by atoms with Crippen LogP contribution < -0.4 is 5.32 Å². The van der Waals surface area contributed by atoms with Gasteiger partial charge in [-0.05, 0) is 62.6 Å². The van der Waals surface area contributed by atoms with Crippen LogP contribution in [-0.4, -0.2) is 61.0 Å². The van der Waals surface area contributed by atoms with Crippen molar-refractivity contribution in [1.82, 2.24) is 19.2 Å². The molecule has 2 aliphatic rings. The van der Waals surface area contributed by atoms with Gasteiger partial charge in [-0.2, -0.15) is 4.31 Å². The molecule has 1 amide bonds. The summed E-state index contributed by atoms with van der Waals surface area (Å²) < 4.78 is 35.2. The molecule has 9 heteroatoms. The highest BCUT2D eigenvalue weighted by Crippen LogP contribution is 2.28. The van der Waals surface area contributed by atoms with Crippen LogP contribution in [0.5, 0.6) is 0 Å². The molecule has 1 N–H and O–H groups in total. The van der Waals surface area contributed by atoms with Gasteiger partial charge >= 0.3 is 0 Å². The molecule has 182 valence electrons. The minimum atomic E-state index is -3.48. The molecule has 2 heterocycles.